The van der Waals surface area contributed by atoms with Gasteiger partial charge in [0.05, 0.1) is 22.4 Å². The van der Waals surface area contributed by atoms with E-state index < -0.39 is 0 Å². The molecule has 9 rings (SSSR count). The Hall–Kier alpha value is -5.99. The van der Waals surface area contributed by atoms with E-state index in [-0.39, 0.29) is 0 Å². The number of aliphatic imine (C=N–C) groups is 1. The van der Waals surface area contributed by atoms with Crippen molar-refractivity contribution in [2.75, 3.05) is 0 Å². The first kappa shape index (κ1) is 27.3. The van der Waals surface area contributed by atoms with Gasteiger partial charge in [-0.2, -0.15) is 0 Å². The van der Waals surface area contributed by atoms with Gasteiger partial charge in [-0.3, -0.25) is 4.99 Å². The molecular formula is C45H32N2. The molecule has 0 unspecified atom stereocenters. The van der Waals surface area contributed by atoms with Gasteiger partial charge in [-0.15, -0.1) is 0 Å². The topological polar surface area (TPSA) is 17.3 Å². The summed E-state index contributed by atoms with van der Waals surface area (Å²) in [6.45, 7) is 2.16. The van der Waals surface area contributed by atoms with E-state index in [0.29, 0.717) is 0 Å². The number of aromatic nitrogens is 1. The molecule has 0 fully saturated rings. The highest BCUT2D eigenvalue weighted by molar-refractivity contribution is 6.13. The lowest BCUT2D eigenvalue weighted by molar-refractivity contribution is 1.17. The van der Waals surface area contributed by atoms with Gasteiger partial charge in [0.1, 0.15) is 0 Å². The molecule has 0 saturated heterocycles. The van der Waals surface area contributed by atoms with Crippen LogP contribution in [0.25, 0.3) is 60.9 Å². The Kier molecular flexibility index (Phi) is 6.46. The monoisotopic (exact) mass is 600 g/mol. The lowest BCUT2D eigenvalue weighted by Crippen LogP contribution is -2.13. The summed E-state index contributed by atoms with van der Waals surface area (Å²) in [5.41, 5.74) is 16.7. The first-order chi connectivity index (χ1) is 23.2. The number of nitrogens with zero attached hydrogens (tertiary/aromatic N) is 2. The van der Waals surface area contributed by atoms with Crippen molar-refractivity contribution in [3.63, 3.8) is 0 Å². The van der Waals surface area contributed by atoms with Crippen LogP contribution in [0.2, 0.25) is 0 Å². The summed E-state index contributed by atoms with van der Waals surface area (Å²) >= 11 is 0. The van der Waals surface area contributed by atoms with Crippen molar-refractivity contribution in [3.8, 4) is 39.1 Å². The molecule has 0 atom stereocenters. The Morgan fingerprint density at radius 1 is 0.468 bits per heavy atom. The number of aryl methyl sites for hydroxylation is 1. The van der Waals surface area contributed by atoms with Crippen LogP contribution in [0, 0.1) is 6.92 Å². The zero-order valence-electron chi connectivity index (χ0n) is 26.2. The maximum Gasteiger partial charge on any atom is 0.0683 e. The van der Waals surface area contributed by atoms with Crippen molar-refractivity contribution < 1.29 is 0 Å². The molecule has 0 aliphatic heterocycles. The summed E-state index contributed by atoms with van der Waals surface area (Å²) in [5.74, 6) is 0. The Balaban J connectivity index is 1.24. The van der Waals surface area contributed by atoms with E-state index in [9.17, 15) is 0 Å². The molecule has 2 nitrogen and oxygen atoms in total. The minimum Gasteiger partial charge on any atom is -0.309 e. The standard InChI is InChI=1S/C45H32N2/c1-30-20-23-36(29-42(30)46-43-28-35-16-8-9-17-37(35)38-18-10-11-19-39(38)43)47-44-24-21-33(31-12-4-2-5-13-31)26-40(44)41-27-34(22-25-45(41)47)32-14-6-3-7-15-32/h2-27,29H,28H2,1H3. The zero-order chi connectivity index (χ0) is 31.3. The van der Waals surface area contributed by atoms with Gasteiger partial charge in [-0.05, 0) is 87.8 Å². The largest absolute Gasteiger partial charge is 0.309 e. The predicted molar refractivity (Wildman–Crippen MR) is 198 cm³/mol. The molecule has 0 amide bonds. The summed E-state index contributed by atoms with van der Waals surface area (Å²) in [4.78, 5) is 5.40. The van der Waals surface area contributed by atoms with Crippen molar-refractivity contribution >= 4 is 33.2 Å². The van der Waals surface area contributed by atoms with Crippen molar-refractivity contribution in [1.82, 2.24) is 4.57 Å². The quantitative estimate of drug-likeness (QED) is 0.191. The molecule has 7 aromatic carbocycles. The van der Waals surface area contributed by atoms with Gasteiger partial charge in [-0.25, -0.2) is 0 Å². The van der Waals surface area contributed by atoms with Crippen LogP contribution in [-0.4, -0.2) is 10.3 Å². The molecule has 1 aliphatic carbocycles. The molecule has 1 heterocycles. The predicted octanol–water partition coefficient (Wildman–Crippen LogP) is 11.8. The van der Waals surface area contributed by atoms with E-state index in [1.807, 2.05) is 0 Å². The maximum atomic E-state index is 5.40. The average Bonchev–Trinajstić information content (AvgIpc) is 3.46. The van der Waals surface area contributed by atoms with Crippen LogP contribution in [0.4, 0.5) is 5.69 Å². The summed E-state index contributed by atoms with van der Waals surface area (Å²) < 4.78 is 2.40. The number of benzene rings is 7. The summed E-state index contributed by atoms with van der Waals surface area (Å²) in [7, 11) is 0. The lowest BCUT2D eigenvalue weighted by atomic mass is 9.84. The minimum absolute atomic E-state index is 0.816. The maximum absolute atomic E-state index is 5.40. The molecule has 1 aliphatic rings. The first-order valence-corrected chi connectivity index (χ1v) is 16.3. The third kappa shape index (κ3) is 4.69. The number of fused-ring (bicyclic) bond motifs is 6. The van der Waals surface area contributed by atoms with Crippen LogP contribution in [0.15, 0.2) is 169 Å². The van der Waals surface area contributed by atoms with Crippen molar-refractivity contribution in [2.45, 2.75) is 13.3 Å². The van der Waals surface area contributed by atoms with Gasteiger partial charge in [-0.1, -0.05) is 127 Å². The Bertz CT molecular complexity index is 2390. The third-order valence-corrected chi connectivity index (χ3v) is 9.59. The van der Waals surface area contributed by atoms with Crippen LogP contribution >= 0.6 is 0 Å². The molecule has 0 N–H and O–H groups in total. The van der Waals surface area contributed by atoms with Gasteiger partial charge in [0.15, 0.2) is 0 Å². The van der Waals surface area contributed by atoms with Gasteiger partial charge in [0, 0.05) is 28.4 Å². The molecule has 47 heavy (non-hydrogen) atoms. The van der Waals surface area contributed by atoms with E-state index in [1.54, 1.807) is 0 Å². The second-order valence-electron chi connectivity index (χ2n) is 12.4. The summed E-state index contributed by atoms with van der Waals surface area (Å²) in [5, 5.41) is 2.48. The highest BCUT2D eigenvalue weighted by Crippen LogP contribution is 2.39. The molecular weight excluding hydrogens is 569 g/mol. The molecule has 0 radical (unpaired) electrons. The molecule has 0 spiro atoms. The fourth-order valence-electron chi connectivity index (χ4n) is 7.21. The van der Waals surface area contributed by atoms with Crippen molar-refractivity contribution in [3.05, 3.63) is 180 Å². The number of hydrogen-bond donors (Lipinski definition) is 0. The molecule has 222 valence electrons. The highest BCUT2D eigenvalue weighted by atomic mass is 15.0. The van der Waals surface area contributed by atoms with E-state index in [2.05, 4.69) is 175 Å². The molecule has 0 bridgehead atoms. The van der Waals surface area contributed by atoms with Crippen molar-refractivity contribution in [2.24, 2.45) is 4.99 Å². The fraction of sp³-hybridized carbons (Fsp3) is 0.0444. The molecule has 8 aromatic rings. The van der Waals surface area contributed by atoms with Crippen LogP contribution in [0.1, 0.15) is 16.7 Å². The van der Waals surface area contributed by atoms with Gasteiger partial charge >= 0.3 is 0 Å². The Morgan fingerprint density at radius 2 is 1.02 bits per heavy atom. The fourth-order valence-corrected chi connectivity index (χ4v) is 7.21. The number of rotatable bonds is 4. The number of hydrogen-bond acceptors (Lipinski definition) is 1. The van der Waals surface area contributed by atoms with Crippen LogP contribution < -0.4 is 0 Å². The second-order valence-corrected chi connectivity index (χ2v) is 12.4. The SMILES string of the molecule is Cc1ccc(-n2c3ccc(-c4ccccc4)cc3c3cc(-c4ccccc4)ccc32)cc1N=C1Cc2ccccc2-c2ccccc21. The molecule has 2 heteroatoms. The smallest absolute Gasteiger partial charge is 0.0683 e. The summed E-state index contributed by atoms with van der Waals surface area (Å²) in [6.07, 6.45) is 0.816. The van der Waals surface area contributed by atoms with Crippen LogP contribution in [0.5, 0.6) is 0 Å². The normalized spacial score (nSPS) is 13.2. The Morgan fingerprint density at radius 3 is 1.66 bits per heavy atom. The first-order valence-electron chi connectivity index (χ1n) is 16.3. The van der Waals surface area contributed by atoms with E-state index in [0.717, 1.165) is 29.1 Å². The minimum atomic E-state index is 0.816. The third-order valence-electron chi connectivity index (χ3n) is 9.59. The van der Waals surface area contributed by atoms with Gasteiger partial charge in [0.2, 0.25) is 0 Å². The van der Waals surface area contributed by atoms with Crippen molar-refractivity contribution in [1.29, 1.82) is 0 Å². The van der Waals surface area contributed by atoms with E-state index in [1.165, 1.54) is 66.3 Å². The average molecular weight is 601 g/mol. The van der Waals surface area contributed by atoms with Gasteiger partial charge in [0.25, 0.3) is 0 Å². The zero-order valence-corrected chi connectivity index (χ0v) is 26.2. The molecule has 0 saturated carbocycles. The highest BCUT2D eigenvalue weighted by Gasteiger charge is 2.21. The second kappa shape index (κ2) is 11.1. The Labute approximate surface area is 274 Å². The van der Waals surface area contributed by atoms with E-state index >= 15 is 0 Å². The van der Waals surface area contributed by atoms with Crippen LogP contribution in [0.3, 0.4) is 0 Å². The molecule has 1 aromatic heterocycles. The lowest BCUT2D eigenvalue weighted by Gasteiger charge is -2.22. The van der Waals surface area contributed by atoms with Crippen LogP contribution in [-0.2, 0) is 6.42 Å². The van der Waals surface area contributed by atoms with E-state index in [4.69, 9.17) is 4.99 Å². The van der Waals surface area contributed by atoms with Gasteiger partial charge < -0.3 is 4.57 Å². The summed E-state index contributed by atoms with van der Waals surface area (Å²) in [6, 6.07) is 59.2.